The summed E-state index contributed by atoms with van der Waals surface area (Å²) in [5, 5.41) is 1.20. The van der Waals surface area contributed by atoms with E-state index in [9.17, 15) is 0 Å². The van der Waals surface area contributed by atoms with E-state index in [1.165, 1.54) is 29.0 Å². The highest BCUT2D eigenvalue weighted by atomic mass is 32.1. The standard InChI is InChI=1S/C15H20N2S/c1-11-6-4-5-9-15(11,16)10-14-17-12-7-2-3-8-13(12)18-14/h2-3,7-8,11H,4-6,9-10,16H2,1H3. The van der Waals surface area contributed by atoms with Gasteiger partial charge in [-0.15, -0.1) is 11.3 Å². The Morgan fingerprint density at radius 2 is 2.22 bits per heavy atom. The van der Waals surface area contributed by atoms with Gasteiger partial charge in [0.1, 0.15) is 0 Å². The van der Waals surface area contributed by atoms with Gasteiger partial charge in [-0.3, -0.25) is 0 Å². The van der Waals surface area contributed by atoms with Gasteiger partial charge in [0.25, 0.3) is 0 Å². The highest BCUT2D eigenvalue weighted by molar-refractivity contribution is 7.18. The zero-order valence-corrected chi connectivity index (χ0v) is 11.7. The van der Waals surface area contributed by atoms with Gasteiger partial charge in [0.2, 0.25) is 0 Å². The fourth-order valence-corrected chi connectivity index (χ4v) is 4.08. The molecule has 1 aliphatic carbocycles. The van der Waals surface area contributed by atoms with E-state index in [-0.39, 0.29) is 5.54 Å². The number of hydrogen-bond acceptors (Lipinski definition) is 3. The molecule has 18 heavy (non-hydrogen) atoms. The Bertz CT molecular complexity index is 515. The highest BCUT2D eigenvalue weighted by Gasteiger charge is 2.35. The highest BCUT2D eigenvalue weighted by Crippen LogP contribution is 2.35. The second-order valence-electron chi connectivity index (χ2n) is 5.63. The maximum absolute atomic E-state index is 6.62. The van der Waals surface area contributed by atoms with Crippen LogP contribution >= 0.6 is 11.3 Å². The summed E-state index contributed by atoms with van der Waals surface area (Å²) in [7, 11) is 0. The lowest BCUT2D eigenvalue weighted by atomic mass is 9.72. The van der Waals surface area contributed by atoms with Crippen molar-refractivity contribution >= 4 is 21.6 Å². The molecule has 2 N–H and O–H groups in total. The first-order chi connectivity index (χ1) is 8.67. The number of thiazole rings is 1. The molecule has 96 valence electrons. The number of fused-ring (bicyclic) bond motifs is 1. The predicted molar refractivity (Wildman–Crippen MR) is 77.9 cm³/mol. The average Bonchev–Trinajstić information content (AvgIpc) is 2.75. The van der Waals surface area contributed by atoms with Crippen LogP contribution in [0.5, 0.6) is 0 Å². The van der Waals surface area contributed by atoms with E-state index in [0.29, 0.717) is 5.92 Å². The van der Waals surface area contributed by atoms with Crippen molar-refractivity contribution in [3.8, 4) is 0 Å². The number of nitrogens with zero attached hydrogens (tertiary/aromatic N) is 1. The maximum atomic E-state index is 6.62. The third-order valence-corrected chi connectivity index (χ3v) is 5.37. The monoisotopic (exact) mass is 260 g/mol. The zero-order chi connectivity index (χ0) is 12.6. The summed E-state index contributed by atoms with van der Waals surface area (Å²) >= 11 is 1.80. The van der Waals surface area contributed by atoms with Crippen LogP contribution in [0.1, 0.15) is 37.6 Å². The summed E-state index contributed by atoms with van der Waals surface area (Å²) in [5.41, 5.74) is 7.70. The van der Waals surface area contributed by atoms with Crippen LogP contribution in [0.25, 0.3) is 10.2 Å². The number of para-hydroxylation sites is 1. The molecular weight excluding hydrogens is 240 g/mol. The number of aromatic nitrogens is 1. The molecule has 1 heterocycles. The van der Waals surface area contributed by atoms with E-state index >= 15 is 0 Å². The van der Waals surface area contributed by atoms with E-state index in [1.54, 1.807) is 11.3 Å². The van der Waals surface area contributed by atoms with Gasteiger partial charge in [-0.25, -0.2) is 4.98 Å². The summed E-state index contributed by atoms with van der Waals surface area (Å²) in [6.45, 7) is 2.30. The quantitative estimate of drug-likeness (QED) is 0.893. The minimum atomic E-state index is -0.0356. The van der Waals surface area contributed by atoms with Crippen molar-refractivity contribution in [2.45, 2.75) is 44.6 Å². The zero-order valence-electron chi connectivity index (χ0n) is 10.9. The van der Waals surface area contributed by atoms with Crippen LogP contribution in [-0.2, 0) is 6.42 Å². The van der Waals surface area contributed by atoms with Crippen LogP contribution in [0.3, 0.4) is 0 Å². The molecule has 0 saturated heterocycles. The molecule has 0 bridgehead atoms. The molecule has 1 aliphatic rings. The number of nitrogens with two attached hydrogens (primary N) is 1. The van der Waals surface area contributed by atoms with Crippen molar-refractivity contribution in [1.29, 1.82) is 0 Å². The summed E-state index contributed by atoms with van der Waals surface area (Å²) in [6, 6.07) is 8.35. The van der Waals surface area contributed by atoms with Crippen LogP contribution in [0, 0.1) is 5.92 Å². The lowest BCUT2D eigenvalue weighted by molar-refractivity contribution is 0.204. The predicted octanol–water partition coefficient (Wildman–Crippen LogP) is 3.75. The van der Waals surface area contributed by atoms with Crippen molar-refractivity contribution in [2.75, 3.05) is 0 Å². The molecule has 0 radical (unpaired) electrons. The van der Waals surface area contributed by atoms with Crippen LogP contribution in [-0.4, -0.2) is 10.5 Å². The molecule has 1 fully saturated rings. The van der Waals surface area contributed by atoms with Gasteiger partial charge >= 0.3 is 0 Å². The van der Waals surface area contributed by atoms with E-state index in [4.69, 9.17) is 10.7 Å². The molecule has 1 aromatic carbocycles. The topological polar surface area (TPSA) is 38.9 Å². The summed E-state index contributed by atoms with van der Waals surface area (Å²) < 4.78 is 1.28. The third kappa shape index (κ3) is 2.17. The Balaban J connectivity index is 1.86. The Morgan fingerprint density at radius 1 is 1.39 bits per heavy atom. The van der Waals surface area contributed by atoms with Crippen LogP contribution in [0.2, 0.25) is 0 Å². The van der Waals surface area contributed by atoms with E-state index in [1.807, 2.05) is 6.07 Å². The van der Waals surface area contributed by atoms with Crippen molar-refractivity contribution in [2.24, 2.45) is 11.7 Å². The first kappa shape index (κ1) is 12.1. The summed E-state index contributed by atoms with van der Waals surface area (Å²) in [6.07, 6.45) is 5.95. The fraction of sp³-hybridized carbons (Fsp3) is 0.533. The van der Waals surface area contributed by atoms with Gasteiger partial charge < -0.3 is 5.73 Å². The molecule has 0 spiro atoms. The van der Waals surface area contributed by atoms with Crippen molar-refractivity contribution in [3.05, 3.63) is 29.3 Å². The lowest BCUT2D eigenvalue weighted by Gasteiger charge is -2.39. The average molecular weight is 260 g/mol. The molecule has 3 rings (SSSR count). The Hall–Kier alpha value is -0.930. The maximum Gasteiger partial charge on any atom is 0.0957 e. The molecule has 2 atom stereocenters. The molecule has 2 aromatic rings. The lowest BCUT2D eigenvalue weighted by Crippen LogP contribution is -2.49. The van der Waals surface area contributed by atoms with Crippen molar-refractivity contribution < 1.29 is 0 Å². The molecule has 1 aromatic heterocycles. The van der Waals surface area contributed by atoms with Gasteiger partial charge in [-0.05, 0) is 30.9 Å². The second kappa shape index (κ2) is 4.63. The molecule has 0 amide bonds. The molecular formula is C15H20N2S. The third-order valence-electron chi connectivity index (χ3n) is 4.33. The fourth-order valence-electron chi connectivity index (χ4n) is 2.98. The summed E-state index contributed by atoms with van der Waals surface area (Å²) in [4.78, 5) is 4.72. The van der Waals surface area contributed by atoms with Gasteiger partial charge in [0.05, 0.1) is 15.2 Å². The largest absolute Gasteiger partial charge is 0.324 e. The molecule has 2 nitrogen and oxygen atoms in total. The molecule has 0 aliphatic heterocycles. The van der Waals surface area contributed by atoms with Crippen molar-refractivity contribution in [3.63, 3.8) is 0 Å². The van der Waals surface area contributed by atoms with Gasteiger partial charge in [-0.1, -0.05) is 31.9 Å². The minimum absolute atomic E-state index is 0.0356. The number of hydrogen-bond donors (Lipinski definition) is 1. The number of rotatable bonds is 2. The smallest absolute Gasteiger partial charge is 0.0957 e. The first-order valence-corrected chi connectivity index (χ1v) is 7.62. The Labute approximate surface area is 112 Å². The van der Waals surface area contributed by atoms with Crippen molar-refractivity contribution in [1.82, 2.24) is 4.98 Å². The van der Waals surface area contributed by atoms with E-state index in [2.05, 4.69) is 25.1 Å². The Kier molecular flexibility index (Phi) is 3.12. The van der Waals surface area contributed by atoms with Crippen LogP contribution in [0.4, 0.5) is 0 Å². The molecule has 3 heteroatoms. The number of benzene rings is 1. The van der Waals surface area contributed by atoms with Gasteiger partial charge in [0, 0.05) is 12.0 Å². The van der Waals surface area contributed by atoms with Gasteiger partial charge in [-0.2, -0.15) is 0 Å². The Morgan fingerprint density at radius 3 is 3.00 bits per heavy atom. The van der Waals surface area contributed by atoms with Crippen LogP contribution in [0.15, 0.2) is 24.3 Å². The summed E-state index contributed by atoms with van der Waals surface area (Å²) in [5.74, 6) is 0.610. The SMILES string of the molecule is CC1CCCCC1(N)Cc1nc2ccccc2s1. The first-order valence-electron chi connectivity index (χ1n) is 6.81. The molecule has 1 saturated carbocycles. The van der Waals surface area contributed by atoms with Crippen LogP contribution < -0.4 is 5.73 Å². The molecule has 2 unspecified atom stereocenters. The minimum Gasteiger partial charge on any atom is -0.324 e. The van der Waals surface area contributed by atoms with E-state index < -0.39 is 0 Å². The van der Waals surface area contributed by atoms with E-state index in [0.717, 1.165) is 18.4 Å². The van der Waals surface area contributed by atoms with Gasteiger partial charge in [0.15, 0.2) is 0 Å². The second-order valence-corrected chi connectivity index (χ2v) is 6.75. The normalized spacial score (nSPS) is 28.7.